The van der Waals surface area contributed by atoms with Crippen molar-refractivity contribution in [3.8, 4) is 0 Å². The number of aliphatic hydroxyl groups is 1. The van der Waals surface area contributed by atoms with Crippen LogP contribution < -0.4 is 0 Å². The summed E-state index contributed by atoms with van der Waals surface area (Å²) in [6.45, 7) is 14.8. The fraction of sp³-hybridized carbons (Fsp3) is 0.786. The Balaban J connectivity index is 1.56. The summed E-state index contributed by atoms with van der Waals surface area (Å²) in [7, 11) is 0. The van der Waals surface area contributed by atoms with E-state index in [0.717, 1.165) is 48.9 Å². The molecule has 4 aliphatic carbocycles. The van der Waals surface area contributed by atoms with Gasteiger partial charge < -0.3 is 5.11 Å². The van der Waals surface area contributed by atoms with Gasteiger partial charge in [-0.05, 0) is 84.7 Å². The standard InChI is InChI=1S/C28H44O/c1-18(2)19(3)7-8-20(4)24-11-12-25-23-10-9-21-17-22(29)13-15-27(21,5)26(23)14-16-28(24,25)6/h9-10,14,18-20,22,24-25,29H,7-8,11-13,15-17H2,1-6H3. The van der Waals surface area contributed by atoms with E-state index in [-0.39, 0.29) is 11.5 Å². The summed E-state index contributed by atoms with van der Waals surface area (Å²) < 4.78 is 0. The Morgan fingerprint density at radius 2 is 1.79 bits per heavy atom. The largest absolute Gasteiger partial charge is 0.393 e. The van der Waals surface area contributed by atoms with Crippen LogP contribution in [0.3, 0.4) is 0 Å². The molecule has 0 aliphatic heterocycles. The quantitative estimate of drug-likeness (QED) is 0.511. The second-order valence-electron chi connectivity index (χ2n) is 11.9. The number of rotatable bonds is 5. The summed E-state index contributed by atoms with van der Waals surface area (Å²) in [6.07, 6.45) is 17.1. The van der Waals surface area contributed by atoms with Crippen LogP contribution in [0.15, 0.2) is 34.9 Å². The minimum atomic E-state index is -0.135. The van der Waals surface area contributed by atoms with Crippen molar-refractivity contribution < 1.29 is 5.11 Å². The van der Waals surface area contributed by atoms with E-state index in [2.05, 4.69) is 59.8 Å². The minimum absolute atomic E-state index is 0.135. The lowest BCUT2D eigenvalue weighted by Crippen LogP contribution is -2.41. The smallest absolute Gasteiger partial charge is 0.0578 e. The minimum Gasteiger partial charge on any atom is -0.393 e. The molecule has 0 heterocycles. The van der Waals surface area contributed by atoms with Crippen LogP contribution in [0.2, 0.25) is 0 Å². The van der Waals surface area contributed by atoms with Crippen molar-refractivity contribution in [2.24, 2.45) is 40.4 Å². The van der Waals surface area contributed by atoms with Crippen molar-refractivity contribution >= 4 is 0 Å². The highest BCUT2D eigenvalue weighted by molar-refractivity contribution is 5.53. The van der Waals surface area contributed by atoms with Gasteiger partial charge in [0.05, 0.1) is 6.10 Å². The molecular formula is C28H44O. The molecule has 0 amide bonds. The first kappa shape index (κ1) is 21.4. The summed E-state index contributed by atoms with van der Waals surface area (Å²) in [5.74, 6) is 4.07. The van der Waals surface area contributed by atoms with Crippen LogP contribution in [-0.4, -0.2) is 11.2 Å². The highest BCUT2D eigenvalue weighted by Gasteiger charge is 2.54. The number of hydrogen-bond donors (Lipinski definition) is 1. The SMILES string of the molecule is CC(C)C(C)CCC(C)C1CCC2C3=CC=C4CC(O)CCC4(C)C3=CCC21C. The lowest BCUT2D eigenvalue weighted by atomic mass is 9.54. The van der Waals surface area contributed by atoms with Gasteiger partial charge in [-0.25, -0.2) is 0 Å². The Morgan fingerprint density at radius 3 is 2.52 bits per heavy atom. The van der Waals surface area contributed by atoms with Crippen LogP contribution in [0.1, 0.15) is 92.9 Å². The third-order valence-electron chi connectivity index (χ3n) is 9.94. The maximum absolute atomic E-state index is 10.2. The molecule has 1 nitrogen and oxygen atoms in total. The van der Waals surface area contributed by atoms with Gasteiger partial charge in [0, 0.05) is 5.41 Å². The molecule has 0 saturated heterocycles. The molecule has 0 bridgehead atoms. The van der Waals surface area contributed by atoms with E-state index in [1.54, 1.807) is 11.1 Å². The molecule has 0 aromatic carbocycles. The Morgan fingerprint density at radius 1 is 1.03 bits per heavy atom. The molecular weight excluding hydrogens is 352 g/mol. The summed E-state index contributed by atoms with van der Waals surface area (Å²) in [4.78, 5) is 0. The maximum Gasteiger partial charge on any atom is 0.0578 e. The summed E-state index contributed by atoms with van der Waals surface area (Å²) in [5, 5.41) is 10.2. The van der Waals surface area contributed by atoms with Crippen molar-refractivity contribution in [2.45, 2.75) is 99.0 Å². The van der Waals surface area contributed by atoms with E-state index in [1.165, 1.54) is 37.7 Å². The van der Waals surface area contributed by atoms with Gasteiger partial charge in [0.2, 0.25) is 0 Å². The second-order valence-corrected chi connectivity index (χ2v) is 11.9. The molecule has 4 rings (SSSR count). The average Bonchev–Trinajstić information content (AvgIpc) is 3.03. The maximum atomic E-state index is 10.2. The molecule has 4 aliphatic rings. The number of hydrogen-bond acceptors (Lipinski definition) is 1. The van der Waals surface area contributed by atoms with Crippen LogP contribution in [0.4, 0.5) is 0 Å². The summed E-state index contributed by atoms with van der Waals surface area (Å²) >= 11 is 0. The molecule has 162 valence electrons. The van der Waals surface area contributed by atoms with E-state index in [9.17, 15) is 5.11 Å². The van der Waals surface area contributed by atoms with Crippen LogP contribution >= 0.6 is 0 Å². The molecule has 0 radical (unpaired) electrons. The van der Waals surface area contributed by atoms with Crippen LogP contribution in [0.25, 0.3) is 0 Å². The van der Waals surface area contributed by atoms with Crippen LogP contribution in [0, 0.1) is 40.4 Å². The summed E-state index contributed by atoms with van der Waals surface area (Å²) in [6, 6.07) is 0. The monoisotopic (exact) mass is 396 g/mol. The van der Waals surface area contributed by atoms with Gasteiger partial charge in [-0.15, -0.1) is 0 Å². The predicted octanol–water partition coefficient (Wildman–Crippen LogP) is 7.47. The van der Waals surface area contributed by atoms with E-state index >= 15 is 0 Å². The zero-order valence-electron chi connectivity index (χ0n) is 19.8. The molecule has 7 atom stereocenters. The Labute approximate surface area is 179 Å². The predicted molar refractivity (Wildman–Crippen MR) is 124 cm³/mol. The van der Waals surface area contributed by atoms with Crippen molar-refractivity contribution in [1.29, 1.82) is 0 Å². The molecule has 7 unspecified atom stereocenters. The van der Waals surface area contributed by atoms with Crippen molar-refractivity contribution in [3.63, 3.8) is 0 Å². The molecule has 1 N–H and O–H groups in total. The average molecular weight is 397 g/mol. The van der Waals surface area contributed by atoms with Crippen LogP contribution in [0.5, 0.6) is 0 Å². The van der Waals surface area contributed by atoms with E-state index < -0.39 is 0 Å². The van der Waals surface area contributed by atoms with E-state index in [0.29, 0.717) is 5.41 Å². The zero-order valence-corrected chi connectivity index (χ0v) is 19.8. The van der Waals surface area contributed by atoms with Gasteiger partial charge >= 0.3 is 0 Å². The number of aliphatic hydroxyl groups excluding tert-OH is 1. The van der Waals surface area contributed by atoms with Crippen LogP contribution in [-0.2, 0) is 0 Å². The fourth-order valence-electron chi connectivity index (χ4n) is 7.39. The first-order chi connectivity index (χ1) is 13.7. The summed E-state index contributed by atoms with van der Waals surface area (Å²) in [5.41, 5.74) is 5.38. The third-order valence-corrected chi connectivity index (χ3v) is 9.94. The Hall–Kier alpha value is -0.820. The Kier molecular flexibility index (Phi) is 5.69. The normalized spacial score (nSPS) is 41.0. The Bertz CT molecular complexity index is 725. The third kappa shape index (κ3) is 3.50. The zero-order chi connectivity index (χ0) is 21.0. The molecule has 2 saturated carbocycles. The molecule has 29 heavy (non-hydrogen) atoms. The van der Waals surface area contributed by atoms with E-state index in [4.69, 9.17) is 0 Å². The first-order valence-corrected chi connectivity index (χ1v) is 12.5. The van der Waals surface area contributed by atoms with Gasteiger partial charge in [-0.1, -0.05) is 78.2 Å². The second kappa shape index (κ2) is 7.70. The highest BCUT2D eigenvalue weighted by atomic mass is 16.3. The molecule has 0 aromatic heterocycles. The lowest BCUT2D eigenvalue weighted by molar-refractivity contribution is 0.105. The topological polar surface area (TPSA) is 20.2 Å². The number of fused-ring (bicyclic) bond motifs is 5. The molecule has 2 fully saturated rings. The molecule has 0 spiro atoms. The van der Waals surface area contributed by atoms with Gasteiger partial charge in [0.1, 0.15) is 0 Å². The van der Waals surface area contributed by atoms with E-state index in [1.807, 2.05) is 0 Å². The van der Waals surface area contributed by atoms with Gasteiger partial charge in [0.15, 0.2) is 0 Å². The van der Waals surface area contributed by atoms with Crippen molar-refractivity contribution in [3.05, 3.63) is 34.9 Å². The van der Waals surface area contributed by atoms with Gasteiger partial charge in [-0.2, -0.15) is 0 Å². The van der Waals surface area contributed by atoms with Gasteiger partial charge in [-0.3, -0.25) is 0 Å². The van der Waals surface area contributed by atoms with Gasteiger partial charge in [0.25, 0.3) is 0 Å². The number of allylic oxidation sites excluding steroid dienone is 5. The lowest BCUT2D eigenvalue weighted by Gasteiger charge is -2.50. The fourth-order valence-corrected chi connectivity index (χ4v) is 7.39. The molecule has 1 heteroatoms. The highest BCUT2D eigenvalue weighted by Crippen LogP contribution is 2.64. The van der Waals surface area contributed by atoms with Crippen molar-refractivity contribution in [2.75, 3.05) is 0 Å². The molecule has 0 aromatic rings. The van der Waals surface area contributed by atoms with Crippen molar-refractivity contribution in [1.82, 2.24) is 0 Å². The first-order valence-electron chi connectivity index (χ1n) is 12.5.